The third-order valence-corrected chi connectivity index (χ3v) is 4.40. The largest absolute Gasteiger partial charge is 0.495 e. The highest BCUT2D eigenvalue weighted by atomic mass is 16.5. The lowest BCUT2D eigenvalue weighted by Crippen LogP contribution is -2.13. The molecule has 1 nitrogen and oxygen atoms in total. The van der Waals surface area contributed by atoms with E-state index in [1.807, 2.05) is 0 Å². The summed E-state index contributed by atoms with van der Waals surface area (Å²) in [7, 11) is 0. The minimum Gasteiger partial charge on any atom is -0.495 e. The molecule has 0 aromatic rings. The van der Waals surface area contributed by atoms with Gasteiger partial charge in [0.1, 0.15) is 0 Å². The summed E-state index contributed by atoms with van der Waals surface area (Å²) in [5, 5.41) is 0. The average Bonchev–Trinajstić information content (AvgIpc) is 2.52. The van der Waals surface area contributed by atoms with E-state index < -0.39 is 0 Å². The average molecular weight is 311 g/mol. The molecule has 0 radical (unpaired) electrons. The monoisotopic (exact) mass is 310 g/mol. The maximum absolute atomic E-state index is 6.17. The minimum absolute atomic E-state index is 0.424. The lowest BCUT2D eigenvalue weighted by molar-refractivity contribution is 0.0897. The highest BCUT2D eigenvalue weighted by Gasteiger charge is 2.11. The topological polar surface area (TPSA) is 9.23 Å². The van der Waals surface area contributed by atoms with Crippen molar-refractivity contribution >= 4 is 0 Å². The quantitative estimate of drug-likeness (QED) is 0.197. The van der Waals surface area contributed by atoms with Crippen molar-refractivity contribution < 1.29 is 4.74 Å². The first-order valence-corrected chi connectivity index (χ1v) is 10.1. The molecule has 0 spiro atoms. The van der Waals surface area contributed by atoms with E-state index in [0.29, 0.717) is 6.10 Å². The van der Waals surface area contributed by atoms with E-state index in [0.717, 1.165) is 12.2 Å². The van der Waals surface area contributed by atoms with Gasteiger partial charge in [0.05, 0.1) is 11.9 Å². The van der Waals surface area contributed by atoms with E-state index in [4.69, 9.17) is 4.74 Å². The first-order chi connectivity index (χ1) is 10.7. The van der Waals surface area contributed by atoms with Crippen LogP contribution in [0.1, 0.15) is 117 Å². The van der Waals surface area contributed by atoms with Gasteiger partial charge >= 0.3 is 0 Å². The fourth-order valence-corrected chi connectivity index (χ4v) is 2.88. The SMILES string of the molecule is C=C(CCCC)OC(CCCCCCC)CCCCCCC. The van der Waals surface area contributed by atoms with Crippen LogP contribution in [-0.4, -0.2) is 6.10 Å². The molecule has 132 valence electrons. The number of unbranched alkanes of at least 4 members (excludes halogenated alkanes) is 9. The number of allylic oxidation sites excluding steroid dienone is 1. The zero-order valence-electron chi connectivity index (χ0n) is 15.8. The fourth-order valence-electron chi connectivity index (χ4n) is 2.88. The molecule has 0 heterocycles. The number of hydrogen-bond acceptors (Lipinski definition) is 1. The fraction of sp³-hybridized carbons (Fsp3) is 0.905. The van der Waals surface area contributed by atoms with E-state index >= 15 is 0 Å². The van der Waals surface area contributed by atoms with Gasteiger partial charge in [0.25, 0.3) is 0 Å². The van der Waals surface area contributed by atoms with Gasteiger partial charge in [-0.2, -0.15) is 0 Å². The summed E-state index contributed by atoms with van der Waals surface area (Å²) in [5.74, 6) is 1.02. The molecule has 0 saturated carbocycles. The van der Waals surface area contributed by atoms with Crippen LogP contribution in [0, 0.1) is 0 Å². The maximum Gasteiger partial charge on any atom is 0.0982 e. The van der Waals surface area contributed by atoms with Gasteiger partial charge in [-0.3, -0.25) is 0 Å². The minimum atomic E-state index is 0.424. The summed E-state index contributed by atoms with van der Waals surface area (Å²) in [6, 6.07) is 0. The van der Waals surface area contributed by atoms with Crippen molar-refractivity contribution in [2.45, 2.75) is 123 Å². The first-order valence-electron chi connectivity index (χ1n) is 10.1. The smallest absolute Gasteiger partial charge is 0.0982 e. The summed E-state index contributed by atoms with van der Waals surface area (Å²) >= 11 is 0. The predicted octanol–water partition coefficient (Wildman–Crippen LogP) is 7.80. The van der Waals surface area contributed by atoms with Crippen molar-refractivity contribution in [3.63, 3.8) is 0 Å². The van der Waals surface area contributed by atoms with E-state index in [1.54, 1.807) is 0 Å². The van der Waals surface area contributed by atoms with Crippen molar-refractivity contribution in [1.82, 2.24) is 0 Å². The molecule has 0 fully saturated rings. The summed E-state index contributed by atoms with van der Waals surface area (Å²) in [5.41, 5.74) is 0. The third-order valence-electron chi connectivity index (χ3n) is 4.40. The van der Waals surface area contributed by atoms with E-state index in [-0.39, 0.29) is 0 Å². The molecule has 0 aliphatic heterocycles. The molecule has 0 aromatic heterocycles. The zero-order valence-corrected chi connectivity index (χ0v) is 15.8. The van der Waals surface area contributed by atoms with Crippen molar-refractivity contribution in [3.05, 3.63) is 12.3 Å². The van der Waals surface area contributed by atoms with Gasteiger partial charge < -0.3 is 4.74 Å². The Labute approximate surface area is 140 Å². The van der Waals surface area contributed by atoms with Crippen LogP contribution in [0.5, 0.6) is 0 Å². The van der Waals surface area contributed by atoms with Gasteiger partial charge in [-0.1, -0.05) is 85.1 Å². The van der Waals surface area contributed by atoms with Gasteiger partial charge in [0.2, 0.25) is 0 Å². The molecule has 0 aromatic carbocycles. The summed E-state index contributed by atoms with van der Waals surface area (Å²) in [6.07, 6.45) is 19.9. The Hall–Kier alpha value is -0.460. The number of ether oxygens (including phenoxy) is 1. The van der Waals surface area contributed by atoms with Crippen LogP contribution in [0.4, 0.5) is 0 Å². The highest BCUT2D eigenvalue weighted by molar-refractivity contribution is 4.83. The maximum atomic E-state index is 6.17. The first kappa shape index (κ1) is 21.5. The summed E-state index contributed by atoms with van der Waals surface area (Å²) in [6.45, 7) is 10.9. The van der Waals surface area contributed by atoms with Crippen molar-refractivity contribution in [1.29, 1.82) is 0 Å². The second-order valence-electron chi connectivity index (χ2n) is 6.79. The van der Waals surface area contributed by atoms with Crippen LogP contribution in [0.2, 0.25) is 0 Å². The van der Waals surface area contributed by atoms with Gasteiger partial charge in [-0.05, 0) is 32.1 Å². The molecular formula is C21H42O. The number of hydrogen-bond donors (Lipinski definition) is 0. The van der Waals surface area contributed by atoms with Crippen LogP contribution in [-0.2, 0) is 4.74 Å². The van der Waals surface area contributed by atoms with Crippen molar-refractivity contribution in [2.75, 3.05) is 0 Å². The standard InChI is InChI=1S/C21H42O/c1-5-8-11-13-15-18-21(19-16-14-12-9-6-2)22-20(4)17-10-7-3/h21H,4-19H2,1-3H3. The van der Waals surface area contributed by atoms with E-state index in [9.17, 15) is 0 Å². The Morgan fingerprint density at radius 1 is 0.682 bits per heavy atom. The molecule has 0 saturated heterocycles. The van der Waals surface area contributed by atoms with Crippen molar-refractivity contribution in [3.8, 4) is 0 Å². The third kappa shape index (κ3) is 14.5. The lowest BCUT2D eigenvalue weighted by atomic mass is 10.0. The zero-order chi connectivity index (χ0) is 16.5. The molecule has 22 heavy (non-hydrogen) atoms. The predicted molar refractivity (Wildman–Crippen MR) is 100 cm³/mol. The molecule has 0 atom stereocenters. The molecule has 0 aliphatic carbocycles. The van der Waals surface area contributed by atoms with E-state index in [2.05, 4.69) is 27.4 Å². The van der Waals surface area contributed by atoms with Gasteiger partial charge in [-0.25, -0.2) is 0 Å². The second-order valence-corrected chi connectivity index (χ2v) is 6.79. The molecular weight excluding hydrogens is 268 g/mol. The van der Waals surface area contributed by atoms with Crippen molar-refractivity contribution in [2.24, 2.45) is 0 Å². The Kier molecular flexibility index (Phi) is 16.5. The molecule has 0 bridgehead atoms. The van der Waals surface area contributed by atoms with E-state index in [1.165, 1.54) is 89.9 Å². The van der Waals surface area contributed by atoms with Crippen LogP contribution in [0.25, 0.3) is 0 Å². The molecule has 0 unspecified atom stereocenters. The molecule has 1 heteroatoms. The summed E-state index contributed by atoms with van der Waals surface area (Å²) < 4.78 is 6.17. The Morgan fingerprint density at radius 2 is 1.14 bits per heavy atom. The molecule has 0 rings (SSSR count). The van der Waals surface area contributed by atoms with Gasteiger partial charge in [0.15, 0.2) is 0 Å². The second kappa shape index (κ2) is 16.9. The highest BCUT2D eigenvalue weighted by Crippen LogP contribution is 2.20. The molecule has 0 aliphatic rings. The lowest BCUT2D eigenvalue weighted by Gasteiger charge is -2.21. The van der Waals surface area contributed by atoms with Gasteiger partial charge in [-0.15, -0.1) is 0 Å². The Morgan fingerprint density at radius 3 is 1.59 bits per heavy atom. The summed E-state index contributed by atoms with van der Waals surface area (Å²) in [4.78, 5) is 0. The normalized spacial score (nSPS) is 11.1. The Balaban J connectivity index is 3.93. The van der Waals surface area contributed by atoms with Gasteiger partial charge in [0, 0.05) is 6.42 Å². The molecule has 0 amide bonds. The van der Waals surface area contributed by atoms with Crippen LogP contribution < -0.4 is 0 Å². The molecule has 0 N–H and O–H groups in total. The van der Waals surface area contributed by atoms with Crippen LogP contribution in [0.15, 0.2) is 12.3 Å². The Bertz CT molecular complexity index is 220. The van der Waals surface area contributed by atoms with Crippen LogP contribution >= 0.6 is 0 Å². The van der Waals surface area contributed by atoms with Crippen LogP contribution in [0.3, 0.4) is 0 Å². The number of rotatable bonds is 17.